The van der Waals surface area contributed by atoms with Crippen LogP contribution in [-0.2, 0) is 26.3 Å². The molecule has 2 aliphatic rings. The Morgan fingerprint density at radius 3 is 2.63 bits per heavy atom. The van der Waals surface area contributed by atoms with Crippen LogP contribution in [0.3, 0.4) is 0 Å². The minimum absolute atomic E-state index is 0.0251. The van der Waals surface area contributed by atoms with E-state index in [1.54, 1.807) is 18.0 Å². The lowest BCUT2D eigenvalue weighted by Gasteiger charge is -2.39. The molecule has 2 aliphatic heterocycles. The maximum atomic E-state index is 13.3. The van der Waals surface area contributed by atoms with Crippen LogP contribution in [-0.4, -0.2) is 48.0 Å². The minimum atomic E-state index is -0.450. The molecule has 1 aromatic carbocycles. The van der Waals surface area contributed by atoms with Gasteiger partial charge in [-0.25, -0.2) is 0 Å². The van der Waals surface area contributed by atoms with Gasteiger partial charge < -0.3 is 15.0 Å². The van der Waals surface area contributed by atoms with Gasteiger partial charge in [-0.15, -0.1) is 0 Å². The average molecular weight is 408 g/mol. The number of rotatable bonds is 4. The number of hydrogen-bond donors (Lipinski definition) is 1. The Morgan fingerprint density at radius 1 is 1.20 bits per heavy atom. The molecule has 0 bridgehead atoms. The molecular formula is C24H29N3O3. The molecule has 0 saturated carbocycles. The van der Waals surface area contributed by atoms with E-state index in [4.69, 9.17) is 4.74 Å². The maximum Gasteiger partial charge on any atom is 0.230 e. The van der Waals surface area contributed by atoms with Crippen molar-refractivity contribution in [2.75, 3.05) is 26.3 Å². The number of hydrogen-bond acceptors (Lipinski definition) is 4. The van der Waals surface area contributed by atoms with Crippen molar-refractivity contribution in [1.29, 1.82) is 0 Å². The number of ether oxygens (including phenoxy) is 1. The van der Waals surface area contributed by atoms with E-state index in [1.807, 2.05) is 12.1 Å². The molecule has 1 atom stereocenters. The second-order valence-corrected chi connectivity index (χ2v) is 8.48. The summed E-state index contributed by atoms with van der Waals surface area (Å²) in [5.74, 6) is -0.546. The van der Waals surface area contributed by atoms with Crippen LogP contribution < -0.4 is 5.32 Å². The maximum absolute atomic E-state index is 13.3. The van der Waals surface area contributed by atoms with E-state index in [1.165, 1.54) is 11.1 Å². The third-order valence-corrected chi connectivity index (χ3v) is 6.50. The summed E-state index contributed by atoms with van der Waals surface area (Å²) in [4.78, 5) is 31.5. The lowest BCUT2D eigenvalue weighted by Crippen LogP contribution is -2.48. The highest BCUT2D eigenvalue weighted by atomic mass is 16.5. The third kappa shape index (κ3) is 4.10. The summed E-state index contributed by atoms with van der Waals surface area (Å²) in [5, 5.41) is 3.20. The number of aromatic nitrogens is 1. The van der Waals surface area contributed by atoms with Gasteiger partial charge in [-0.05, 0) is 37.0 Å². The summed E-state index contributed by atoms with van der Waals surface area (Å²) in [6, 6.07) is 12.4. The number of aryl methyl sites for hydroxylation is 1. The molecular weight excluding hydrogens is 378 g/mol. The smallest absolute Gasteiger partial charge is 0.230 e. The quantitative estimate of drug-likeness (QED) is 0.846. The Labute approximate surface area is 177 Å². The van der Waals surface area contributed by atoms with E-state index in [-0.39, 0.29) is 17.2 Å². The molecule has 0 aliphatic carbocycles. The summed E-state index contributed by atoms with van der Waals surface area (Å²) in [6.45, 7) is 6.43. The Hall–Kier alpha value is -2.73. The van der Waals surface area contributed by atoms with Crippen LogP contribution in [0.25, 0.3) is 0 Å². The van der Waals surface area contributed by atoms with Crippen LogP contribution in [0.5, 0.6) is 0 Å². The molecule has 1 N–H and O–H groups in total. The second kappa shape index (κ2) is 8.56. The topological polar surface area (TPSA) is 71.5 Å². The van der Waals surface area contributed by atoms with Crippen LogP contribution in [0.4, 0.5) is 0 Å². The number of amides is 2. The molecule has 6 heteroatoms. The fourth-order valence-corrected chi connectivity index (χ4v) is 4.54. The molecule has 0 radical (unpaired) electrons. The van der Waals surface area contributed by atoms with Gasteiger partial charge in [0.25, 0.3) is 0 Å². The van der Waals surface area contributed by atoms with E-state index >= 15 is 0 Å². The van der Waals surface area contributed by atoms with Crippen molar-refractivity contribution in [3.63, 3.8) is 0 Å². The lowest BCUT2D eigenvalue weighted by atomic mass is 9.74. The van der Waals surface area contributed by atoms with Gasteiger partial charge in [0, 0.05) is 51.4 Å². The van der Waals surface area contributed by atoms with Crippen molar-refractivity contribution in [3.05, 3.63) is 65.0 Å². The Balaban J connectivity index is 1.55. The Bertz CT molecular complexity index is 920. The number of carbonyl (C=O) groups excluding carboxylic acids is 2. The van der Waals surface area contributed by atoms with Gasteiger partial charge in [-0.1, -0.05) is 35.9 Å². The van der Waals surface area contributed by atoms with Crippen LogP contribution in [0.1, 0.15) is 48.1 Å². The molecule has 1 aromatic heterocycles. The zero-order chi connectivity index (χ0) is 21.1. The first kappa shape index (κ1) is 20.5. The summed E-state index contributed by atoms with van der Waals surface area (Å²) < 4.78 is 5.61. The van der Waals surface area contributed by atoms with Crippen molar-refractivity contribution in [2.45, 2.75) is 44.6 Å². The first-order chi connectivity index (χ1) is 14.5. The van der Waals surface area contributed by atoms with Gasteiger partial charge >= 0.3 is 0 Å². The lowest BCUT2D eigenvalue weighted by molar-refractivity contribution is -0.131. The van der Waals surface area contributed by atoms with E-state index in [0.717, 1.165) is 24.1 Å². The standard InChI is InChI=1S/C24H29N3O3/c1-17-5-7-20(8-6-17)24(9-12-30-13-10-24)16-26-23(29)21-15-27(18(2)28)14-19-4-3-11-25-22(19)21/h3-8,11,21H,9-10,12-16H2,1-2H3,(H,26,29). The zero-order valence-corrected chi connectivity index (χ0v) is 17.7. The first-order valence-electron chi connectivity index (χ1n) is 10.6. The van der Waals surface area contributed by atoms with Gasteiger partial charge in [-0.3, -0.25) is 14.6 Å². The highest BCUT2D eigenvalue weighted by Crippen LogP contribution is 2.35. The summed E-state index contributed by atoms with van der Waals surface area (Å²) in [6.07, 6.45) is 3.46. The summed E-state index contributed by atoms with van der Waals surface area (Å²) >= 11 is 0. The number of nitrogens with zero attached hydrogens (tertiary/aromatic N) is 2. The first-order valence-corrected chi connectivity index (χ1v) is 10.6. The molecule has 158 valence electrons. The van der Waals surface area contributed by atoms with Gasteiger partial charge in [0.15, 0.2) is 0 Å². The monoisotopic (exact) mass is 407 g/mol. The molecule has 2 amide bonds. The van der Waals surface area contributed by atoms with E-state index in [2.05, 4.69) is 41.5 Å². The predicted octanol–water partition coefficient (Wildman–Crippen LogP) is 2.70. The van der Waals surface area contributed by atoms with Crippen LogP contribution in [0, 0.1) is 6.92 Å². The predicted molar refractivity (Wildman–Crippen MR) is 114 cm³/mol. The normalized spacial score (nSPS) is 20.3. The molecule has 1 unspecified atom stereocenters. The highest BCUT2D eigenvalue weighted by Gasteiger charge is 2.37. The minimum Gasteiger partial charge on any atom is -0.381 e. The van der Waals surface area contributed by atoms with Crippen molar-refractivity contribution in [1.82, 2.24) is 15.2 Å². The highest BCUT2D eigenvalue weighted by molar-refractivity contribution is 5.85. The van der Waals surface area contributed by atoms with Gasteiger partial charge in [0.2, 0.25) is 11.8 Å². The summed E-state index contributed by atoms with van der Waals surface area (Å²) in [7, 11) is 0. The summed E-state index contributed by atoms with van der Waals surface area (Å²) in [5.41, 5.74) is 4.05. The molecule has 2 aromatic rings. The molecule has 4 rings (SSSR count). The second-order valence-electron chi connectivity index (χ2n) is 8.48. The van der Waals surface area contributed by atoms with Crippen molar-refractivity contribution in [3.8, 4) is 0 Å². The fourth-order valence-electron chi connectivity index (χ4n) is 4.54. The van der Waals surface area contributed by atoms with Crippen LogP contribution in [0.15, 0.2) is 42.6 Å². The van der Waals surface area contributed by atoms with Crippen molar-refractivity contribution >= 4 is 11.8 Å². The molecule has 6 nitrogen and oxygen atoms in total. The molecule has 3 heterocycles. The Morgan fingerprint density at radius 2 is 1.93 bits per heavy atom. The number of fused-ring (bicyclic) bond motifs is 1. The third-order valence-electron chi connectivity index (χ3n) is 6.50. The SMILES string of the molecule is CC(=O)N1Cc2cccnc2C(C(=O)NCC2(c3ccc(C)cc3)CCOCC2)C1. The van der Waals surface area contributed by atoms with E-state index in [0.29, 0.717) is 32.8 Å². The van der Waals surface area contributed by atoms with Gasteiger partial charge in [0.1, 0.15) is 0 Å². The number of carbonyl (C=O) groups is 2. The van der Waals surface area contributed by atoms with Crippen LogP contribution in [0.2, 0.25) is 0 Å². The van der Waals surface area contributed by atoms with Crippen molar-refractivity contribution in [2.24, 2.45) is 0 Å². The van der Waals surface area contributed by atoms with E-state index in [9.17, 15) is 9.59 Å². The largest absolute Gasteiger partial charge is 0.381 e. The Kier molecular flexibility index (Phi) is 5.86. The molecule has 1 fully saturated rings. The number of nitrogens with one attached hydrogen (secondary N) is 1. The number of pyridine rings is 1. The van der Waals surface area contributed by atoms with Crippen LogP contribution >= 0.6 is 0 Å². The van der Waals surface area contributed by atoms with Gasteiger partial charge in [0.05, 0.1) is 11.6 Å². The molecule has 1 saturated heterocycles. The van der Waals surface area contributed by atoms with E-state index < -0.39 is 5.92 Å². The molecule has 30 heavy (non-hydrogen) atoms. The number of benzene rings is 1. The zero-order valence-electron chi connectivity index (χ0n) is 17.7. The van der Waals surface area contributed by atoms with Gasteiger partial charge in [-0.2, -0.15) is 0 Å². The van der Waals surface area contributed by atoms with Crippen molar-refractivity contribution < 1.29 is 14.3 Å². The fraction of sp³-hybridized carbons (Fsp3) is 0.458. The molecule has 0 spiro atoms. The average Bonchev–Trinajstić information content (AvgIpc) is 2.77.